The van der Waals surface area contributed by atoms with Gasteiger partial charge in [-0.25, -0.2) is 4.79 Å². The van der Waals surface area contributed by atoms with E-state index in [4.69, 9.17) is 4.74 Å². The van der Waals surface area contributed by atoms with Crippen LogP contribution in [0.4, 0.5) is 4.79 Å². The second-order valence-corrected chi connectivity index (χ2v) is 8.88. The molecule has 0 bridgehead atoms. The molecule has 8 heteroatoms. The highest BCUT2D eigenvalue weighted by molar-refractivity contribution is 5.76. The largest absolute Gasteiger partial charge is 0.444 e. The Morgan fingerprint density at radius 1 is 0.710 bits per heavy atom. The van der Waals surface area contributed by atoms with E-state index in [-0.39, 0.29) is 11.8 Å². The molecule has 0 fully saturated rings. The molecule has 0 rings (SSSR count). The highest BCUT2D eigenvalue weighted by Gasteiger charge is 2.16. The lowest BCUT2D eigenvalue weighted by atomic mass is 10.2. The van der Waals surface area contributed by atoms with Crippen LogP contribution in [0, 0.1) is 0 Å². The highest BCUT2D eigenvalue weighted by Crippen LogP contribution is 2.06. The minimum atomic E-state index is -0.534. The fraction of sp³-hybridized carbons (Fsp3) is 0.870. The van der Waals surface area contributed by atoms with Crippen molar-refractivity contribution in [3.8, 4) is 0 Å². The summed E-state index contributed by atoms with van der Waals surface area (Å²) in [7, 11) is 0. The summed E-state index contributed by atoms with van der Waals surface area (Å²) >= 11 is 0. The number of alkyl carbamates (subject to hydrolysis) is 1. The summed E-state index contributed by atoms with van der Waals surface area (Å²) in [6, 6.07) is 0. The van der Waals surface area contributed by atoms with E-state index < -0.39 is 11.7 Å². The van der Waals surface area contributed by atoms with Gasteiger partial charge in [0, 0.05) is 52.1 Å². The quantitative estimate of drug-likeness (QED) is 0.300. The van der Waals surface area contributed by atoms with Gasteiger partial charge in [-0.15, -0.1) is 0 Å². The van der Waals surface area contributed by atoms with Crippen molar-refractivity contribution in [3.05, 3.63) is 0 Å². The number of hydrogen-bond acceptors (Lipinski definition) is 5. The van der Waals surface area contributed by atoms with Crippen molar-refractivity contribution in [1.29, 1.82) is 0 Å². The molecule has 0 aromatic carbocycles. The van der Waals surface area contributed by atoms with Gasteiger partial charge in [0.25, 0.3) is 0 Å². The van der Waals surface area contributed by atoms with Gasteiger partial charge in [0.05, 0.1) is 0 Å². The van der Waals surface area contributed by atoms with Crippen LogP contribution in [-0.4, -0.2) is 67.7 Å². The van der Waals surface area contributed by atoms with Crippen LogP contribution in [0.2, 0.25) is 0 Å². The molecule has 8 nitrogen and oxygen atoms in total. The van der Waals surface area contributed by atoms with Crippen LogP contribution >= 0.6 is 0 Å². The van der Waals surface area contributed by atoms with Crippen molar-refractivity contribution < 1.29 is 19.1 Å². The number of rotatable bonds is 17. The van der Waals surface area contributed by atoms with Crippen molar-refractivity contribution in [2.45, 2.75) is 91.6 Å². The Morgan fingerprint density at radius 2 is 1.13 bits per heavy atom. The maximum atomic E-state index is 11.9. The molecule has 0 aromatic rings. The Kier molecular flexibility index (Phi) is 16.8. The number of unbranched alkanes of at least 4 members (excludes halogenated alkanes) is 4. The van der Waals surface area contributed by atoms with Crippen LogP contribution in [0.5, 0.6) is 0 Å². The third-order valence-electron chi connectivity index (χ3n) is 4.61. The van der Waals surface area contributed by atoms with E-state index in [1.807, 2.05) is 20.8 Å². The zero-order chi connectivity index (χ0) is 23.5. The second-order valence-electron chi connectivity index (χ2n) is 8.88. The average Bonchev–Trinajstić information content (AvgIpc) is 2.66. The average molecular weight is 443 g/mol. The van der Waals surface area contributed by atoms with Gasteiger partial charge < -0.3 is 20.7 Å². The molecule has 0 unspecified atom stereocenters. The number of hydrogen-bond donors (Lipinski definition) is 3. The lowest BCUT2D eigenvalue weighted by Crippen LogP contribution is -2.43. The molecule has 0 heterocycles. The van der Waals surface area contributed by atoms with Gasteiger partial charge in [-0.1, -0.05) is 39.5 Å². The number of nitrogens with zero attached hydrogens (tertiary/aromatic N) is 1. The molecular formula is C23H46N4O4. The van der Waals surface area contributed by atoms with Crippen molar-refractivity contribution >= 4 is 17.9 Å². The highest BCUT2D eigenvalue weighted by atomic mass is 16.6. The molecule has 3 N–H and O–H groups in total. The van der Waals surface area contributed by atoms with Crippen LogP contribution in [0.25, 0.3) is 0 Å². The molecule has 0 aromatic heterocycles. The van der Waals surface area contributed by atoms with E-state index in [9.17, 15) is 14.4 Å². The van der Waals surface area contributed by atoms with Crippen molar-refractivity contribution in [3.63, 3.8) is 0 Å². The standard InChI is InChI=1S/C23H46N4O4/c1-6-8-10-12-20(28)24-14-17-27(18-15-25-21(29)13-11-9-7-2)19-16-26-22(30)31-23(3,4)5/h6-19H2,1-5H3,(H,24,28)(H,25,29)(H,26,30). The Hall–Kier alpha value is -1.83. The minimum absolute atomic E-state index is 0.0736. The first-order valence-corrected chi connectivity index (χ1v) is 11.9. The predicted octanol–water partition coefficient (Wildman–Crippen LogP) is 3.21. The zero-order valence-electron chi connectivity index (χ0n) is 20.5. The smallest absolute Gasteiger partial charge is 0.407 e. The molecule has 0 aliphatic rings. The summed E-state index contributed by atoms with van der Waals surface area (Å²) < 4.78 is 5.26. The van der Waals surface area contributed by atoms with Crippen LogP contribution < -0.4 is 16.0 Å². The van der Waals surface area contributed by atoms with E-state index in [0.29, 0.717) is 52.1 Å². The van der Waals surface area contributed by atoms with E-state index in [1.54, 1.807) is 0 Å². The predicted molar refractivity (Wildman–Crippen MR) is 125 cm³/mol. The molecule has 0 atom stereocenters. The van der Waals surface area contributed by atoms with Crippen molar-refractivity contribution in [2.75, 3.05) is 39.3 Å². The molecule has 3 amide bonds. The molecule has 0 aliphatic carbocycles. The minimum Gasteiger partial charge on any atom is -0.444 e. The third kappa shape index (κ3) is 19.9. The second kappa shape index (κ2) is 17.8. The Morgan fingerprint density at radius 3 is 1.52 bits per heavy atom. The SMILES string of the molecule is CCCCCC(=O)NCCN(CCNC(=O)CCCCC)CCNC(=O)OC(C)(C)C. The fourth-order valence-corrected chi connectivity index (χ4v) is 2.92. The maximum Gasteiger partial charge on any atom is 0.407 e. The summed E-state index contributed by atoms with van der Waals surface area (Å²) in [5.41, 5.74) is -0.534. The van der Waals surface area contributed by atoms with Crippen molar-refractivity contribution in [1.82, 2.24) is 20.9 Å². The monoisotopic (exact) mass is 442 g/mol. The summed E-state index contributed by atoms with van der Waals surface area (Å²) in [6.45, 7) is 13.1. The van der Waals surface area contributed by atoms with E-state index >= 15 is 0 Å². The zero-order valence-corrected chi connectivity index (χ0v) is 20.5. The first-order chi connectivity index (χ1) is 14.7. The maximum absolute atomic E-state index is 11.9. The topological polar surface area (TPSA) is 99.8 Å². The van der Waals surface area contributed by atoms with Gasteiger partial charge in [-0.2, -0.15) is 0 Å². The van der Waals surface area contributed by atoms with Gasteiger partial charge in [0.2, 0.25) is 11.8 Å². The Balaban J connectivity index is 4.35. The fourth-order valence-electron chi connectivity index (χ4n) is 2.92. The number of carbonyl (C=O) groups is 3. The number of ether oxygens (including phenoxy) is 1. The Bertz CT molecular complexity index is 478. The normalized spacial score (nSPS) is 11.3. The molecule has 0 aliphatic heterocycles. The Labute approximate surface area is 189 Å². The van der Waals surface area contributed by atoms with Crippen molar-refractivity contribution in [2.24, 2.45) is 0 Å². The lowest BCUT2D eigenvalue weighted by Gasteiger charge is -2.24. The molecule has 0 radical (unpaired) electrons. The van der Waals surface area contributed by atoms with Gasteiger partial charge in [0.15, 0.2) is 0 Å². The molecule has 0 saturated heterocycles. The van der Waals surface area contributed by atoms with Crippen LogP contribution in [0.1, 0.15) is 86.0 Å². The number of carbonyl (C=O) groups excluding carboxylic acids is 3. The number of amides is 3. The molecule has 0 spiro atoms. The lowest BCUT2D eigenvalue weighted by molar-refractivity contribution is -0.121. The molecule has 182 valence electrons. The van der Waals surface area contributed by atoms with Crippen LogP contribution in [0.15, 0.2) is 0 Å². The summed E-state index contributed by atoms with van der Waals surface area (Å²) in [5.74, 6) is 0.147. The van der Waals surface area contributed by atoms with Crippen LogP contribution in [0.3, 0.4) is 0 Å². The summed E-state index contributed by atoms with van der Waals surface area (Å²) in [6.07, 6.45) is 6.81. The van der Waals surface area contributed by atoms with Gasteiger partial charge >= 0.3 is 6.09 Å². The van der Waals surface area contributed by atoms with E-state index in [2.05, 4.69) is 34.7 Å². The first kappa shape index (κ1) is 29.2. The molecular weight excluding hydrogens is 396 g/mol. The summed E-state index contributed by atoms with van der Waals surface area (Å²) in [5, 5.41) is 8.67. The van der Waals surface area contributed by atoms with Gasteiger partial charge in [-0.3, -0.25) is 14.5 Å². The van der Waals surface area contributed by atoms with E-state index in [0.717, 1.165) is 38.5 Å². The van der Waals surface area contributed by atoms with Crippen LogP contribution in [-0.2, 0) is 14.3 Å². The summed E-state index contributed by atoms with van der Waals surface area (Å²) in [4.78, 5) is 37.8. The van der Waals surface area contributed by atoms with Gasteiger partial charge in [-0.05, 0) is 33.6 Å². The molecule has 0 saturated carbocycles. The van der Waals surface area contributed by atoms with E-state index in [1.165, 1.54) is 0 Å². The molecule has 31 heavy (non-hydrogen) atoms. The first-order valence-electron chi connectivity index (χ1n) is 11.9. The van der Waals surface area contributed by atoms with Gasteiger partial charge in [0.1, 0.15) is 5.60 Å². The third-order valence-corrected chi connectivity index (χ3v) is 4.61. The number of nitrogens with one attached hydrogen (secondary N) is 3.